The van der Waals surface area contributed by atoms with Crippen LogP contribution in [0.3, 0.4) is 0 Å². The fourth-order valence-corrected chi connectivity index (χ4v) is 3.14. The zero-order valence-corrected chi connectivity index (χ0v) is 14.1. The summed E-state index contributed by atoms with van der Waals surface area (Å²) in [6.07, 6.45) is 2.19. The van der Waals surface area contributed by atoms with Crippen molar-refractivity contribution in [1.29, 1.82) is 0 Å². The predicted molar refractivity (Wildman–Crippen MR) is 93.8 cm³/mol. The van der Waals surface area contributed by atoms with Gasteiger partial charge in [0.1, 0.15) is 16.4 Å². The largest absolute Gasteiger partial charge is 0.454 e. The molecule has 24 heavy (non-hydrogen) atoms. The molecule has 1 aliphatic rings. The summed E-state index contributed by atoms with van der Waals surface area (Å²) in [6.45, 7) is 1.82. The normalized spacial score (nSPS) is 15.4. The lowest BCUT2D eigenvalue weighted by Gasteiger charge is -2.17. The Morgan fingerprint density at radius 1 is 1.25 bits per heavy atom. The lowest BCUT2D eigenvalue weighted by Crippen LogP contribution is -2.16. The molecule has 1 aliphatic carbocycles. The summed E-state index contributed by atoms with van der Waals surface area (Å²) >= 11 is 5.98. The number of ether oxygens (including phenoxy) is 1. The smallest absolute Gasteiger partial charge is 0.306 e. The fraction of sp³-hybridized carbons (Fsp3) is 0.263. The molecule has 0 bridgehead atoms. The van der Waals surface area contributed by atoms with E-state index in [4.69, 9.17) is 16.3 Å². The number of nitrogens with zero attached hydrogens (tertiary/aromatic N) is 1. The van der Waals surface area contributed by atoms with Crippen molar-refractivity contribution in [2.24, 2.45) is 0 Å². The predicted octanol–water partition coefficient (Wildman–Crippen LogP) is 4.83. The number of carbonyl (C=O) groups is 1. The molecule has 0 aliphatic heterocycles. The van der Waals surface area contributed by atoms with Gasteiger partial charge < -0.3 is 9.72 Å². The summed E-state index contributed by atoms with van der Waals surface area (Å²) in [7, 11) is 0. The lowest BCUT2D eigenvalue weighted by atomic mass is 10.0. The number of benzene rings is 1. The molecule has 4 nitrogen and oxygen atoms in total. The Bertz CT molecular complexity index is 911. The molecule has 5 heteroatoms. The number of hydrogen-bond acceptors (Lipinski definition) is 3. The molecule has 0 atom stereocenters. The Morgan fingerprint density at radius 3 is 2.67 bits per heavy atom. The number of esters is 1. The summed E-state index contributed by atoms with van der Waals surface area (Å²) in [4.78, 5) is 19.3. The van der Waals surface area contributed by atoms with E-state index in [-0.39, 0.29) is 5.97 Å². The third-order valence-corrected chi connectivity index (χ3v) is 4.66. The molecule has 2 aromatic heterocycles. The van der Waals surface area contributed by atoms with Gasteiger partial charge in [-0.25, -0.2) is 4.98 Å². The Kier molecular flexibility index (Phi) is 3.57. The monoisotopic (exact) mass is 340 g/mol. The number of aromatic nitrogens is 2. The first-order chi connectivity index (χ1) is 11.6. The van der Waals surface area contributed by atoms with E-state index in [1.807, 2.05) is 49.4 Å². The van der Waals surface area contributed by atoms with Gasteiger partial charge in [0.15, 0.2) is 0 Å². The Hall–Kier alpha value is -2.33. The summed E-state index contributed by atoms with van der Waals surface area (Å²) < 4.78 is 5.62. The van der Waals surface area contributed by atoms with E-state index in [1.54, 1.807) is 0 Å². The van der Waals surface area contributed by atoms with Crippen LogP contribution in [-0.2, 0) is 15.1 Å². The molecular weight excluding hydrogens is 324 g/mol. The van der Waals surface area contributed by atoms with Crippen molar-refractivity contribution in [3.8, 4) is 11.3 Å². The van der Waals surface area contributed by atoms with Gasteiger partial charge in [0.05, 0.1) is 5.69 Å². The van der Waals surface area contributed by atoms with Crippen LogP contribution < -0.4 is 0 Å². The van der Waals surface area contributed by atoms with Gasteiger partial charge in [0.25, 0.3) is 0 Å². The molecule has 0 saturated heterocycles. The molecule has 3 aromatic rings. The van der Waals surface area contributed by atoms with Gasteiger partial charge in [-0.15, -0.1) is 0 Å². The summed E-state index contributed by atoms with van der Waals surface area (Å²) in [5.74, 6) is -0.146. The molecular formula is C19H17ClN2O2. The van der Waals surface area contributed by atoms with Crippen LogP contribution in [0.15, 0.2) is 42.5 Å². The Labute approximate surface area is 144 Å². The van der Waals surface area contributed by atoms with Gasteiger partial charge >= 0.3 is 5.97 Å². The van der Waals surface area contributed by atoms with Crippen LogP contribution >= 0.6 is 11.6 Å². The van der Waals surface area contributed by atoms with Crippen molar-refractivity contribution in [2.75, 3.05) is 0 Å². The highest BCUT2D eigenvalue weighted by atomic mass is 35.5. The van der Waals surface area contributed by atoms with Crippen LogP contribution in [0.5, 0.6) is 0 Å². The first kappa shape index (κ1) is 15.2. The minimum Gasteiger partial charge on any atom is -0.454 e. The van der Waals surface area contributed by atoms with Crippen molar-refractivity contribution >= 4 is 28.6 Å². The lowest BCUT2D eigenvalue weighted by molar-refractivity contribution is -0.151. The zero-order valence-electron chi connectivity index (χ0n) is 13.3. The summed E-state index contributed by atoms with van der Waals surface area (Å²) in [6, 6.07) is 13.9. The number of hydrogen-bond donors (Lipinski definition) is 1. The van der Waals surface area contributed by atoms with Crippen molar-refractivity contribution in [3.05, 3.63) is 53.2 Å². The summed E-state index contributed by atoms with van der Waals surface area (Å²) in [5, 5.41) is 1.57. The number of nitrogens with one attached hydrogen (secondary N) is 1. The maximum atomic E-state index is 11.6. The molecule has 2 heterocycles. The molecule has 0 amide bonds. The maximum Gasteiger partial charge on any atom is 0.306 e. The van der Waals surface area contributed by atoms with E-state index >= 15 is 0 Å². The minimum absolute atomic E-state index is 0.146. The van der Waals surface area contributed by atoms with E-state index in [9.17, 15) is 4.79 Å². The molecule has 0 unspecified atom stereocenters. The number of H-pyrrole nitrogens is 1. The van der Waals surface area contributed by atoms with Crippen LogP contribution in [-0.4, -0.2) is 15.9 Å². The van der Waals surface area contributed by atoms with Gasteiger partial charge in [0, 0.05) is 17.4 Å². The highest BCUT2D eigenvalue weighted by molar-refractivity contribution is 6.30. The van der Waals surface area contributed by atoms with Gasteiger partial charge in [-0.1, -0.05) is 42.8 Å². The summed E-state index contributed by atoms with van der Waals surface area (Å²) in [5.41, 5.74) is 3.32. The molecule has 0 radical (unpaired) electrons. The molecule has 1 saturated carbocycles. The highest BCUT2D eigenvalue weighted by Crippen LogP contribution is 2.49. The van der Waals surface area contributed by atoms with Crippen molar-refractivity contribution in [2.45, 2.75) is 31.8 Å². The van der Waals surface area contributed by atoms with Crippen LogP contribution in [0.2, 0.25) is 5.15 Å². The molecule has 1 aromatic carbocycles. The van der Waals surface area contributed by atoms with Gasteiger partial charge in [-0.2, -0.15) is 0 Å². The SMILES string of the molecule is CCC(=O)OC1(c2ccc(-c3ccc4cc(Cl)[nH]c4n3)cc2)CC1. The second-order valence-electron chi connectivity index (χ2n) is 6.15. The molecule has 0 spiro atoms. The highest BCUT2D eigenvalue weighted by Gasteiger charge is 2.48. The number of carbonyl (C=O) groups excluding carboxylic acids is 1. The van der Waals surface area contributed by atoms with E-state index in [1.165, 1.54) is 0 Å². The molecule has 122 valence electrons. The van der Waals surface area contributed by atoms with Crippen LogP contribution in [0.1, 0.15) is 31.7 Å². The Morgan fingerprint density at radius 2 is 2.00 bits per heavy atom. The van der Waals surface area contributed by atoms with Gasteiger partial charge in [-0.3, -0.25) is 4.79 Å². The van der Waals surface area contributed by atoms with Crippen molar-refractivity contribution in [1.82, 2.24) is 9.97 Å². The maximum absolute atomic E-state index is 11.6. The quantitative estimate of drug-likeness (QED) is 0.692. The van der Waals surface area contributed by atoms with Crippen molar-refractivity contribution in [3.63, 3.8) is 0 Å². The zero-order chi connectivity index (χ0) is 16.7. The average Bonchev–Trinajstić information content (AvgIpc) is 3.27. The van der Waals surface area contributed by atoms with E-state index in [0.29, 0.717) is 11.6 Å². The number of fused-ring (bicyclic) bond motifs is 1. The van der Waals surface area contributed by atoms with Crippen LogP contribution in [0, 0.1) is 0 Å². The van der Waals surface area contributed by atoms with Crippen LogP contribution in [0.25, 0.3) is 22.3 Å². The topological polar surface area (TPSA) is 55.0 Å². The first-order valence-electron chi connectivity index (χ1n) is 8.08. The standard InChI is InChI=1S/C19H17ClN2O2/c1-2-17(23)24-19(9-10-19)14-6-3-12(4-7-14)15-8-5-13-11-16(20)22-18(13)21-15/h3-8,11H,2,9-10H2,1H3,(H,21,22). The molecule has 1 fully saturated rings. The average molecular weight is 341 g/mol. The van der Waals surface area contributed by atoms with Gasteiger partial charge in [-0.05, 0) is 36.6 Å². The third kappa shape index (κ3) is 2.67. The van der Waals surface area contributed by atoms with E-state index in [0.717, 1.165) is 40.7 Å². The third-order valence-electron chi connectivity index (χ3n) is 4.46. The first-order valence-corrected chi connectivity index (χ1v) is 8.45. The fourth-order valence-electron chi connectivity index (χ4n) is 2.93. The second kappa shape index (κ2) is 5.64. The second-order valence-corrected chi connectivity index (χ2v) is 6.56. The van der Waals surface area contributed by atoms with E-state index < -0.39 is 5.60 Å². The minimum atomic E-state index is -0.407. The number of halogens is 1. The number of aromatic amines is 1. The molecule has 4 rings (SSSR count). The van der Waals surface area contributed by atoms with E-state index in [2.05, 4.69) is 9.97 Å². The number of pyridine rings is 1. The Balaban J connectivity index is 1.62. The number of rotatable bonds is 4. The molecule has 1 N–H and O–H groups in total. The van der Waals surface area contributed by atoms with Crippen molar-refractivity contribution < 1.29 is 9.53 Å². The van der Waals surface area contributed by atoms with Crippen LogP contribution in [0.4, 0.5) is 0 Å². The van der Waals surface area contributed by atoms with Gasteiger partial charge in [0.2, 0.25) is 0 Å².